The number of fused-ring (bicyclic) bond motifs is 3. The van der Waals surface area contributed by atoms with Gasteiger partial charge < -0.3 is 14.5 Å². The van der Waals surface area contributed by atoms with E-state index < -0.39 is 5.66 Å². The van der Waals surface area contributed by atoms with Crippen molar-refractivity contribution >= 4 is 23.4 Å². The van der Waals surface area contributed by atoms with Crippen LogP contribution in [0.1, 0.15) is 48.0 Å². The Bertz CT molecular complexity index is 1080. The standard InChI is InChI=1S/C25H27N3O4/c1-25-13-11-22(29)28(25)21-6-4-3-5-20(21)24(31)27(25)16-23(30)26-14-12-18(15-26)17-7-9-19(32-2)10-8-17/h3-10,18H,11-16H2,1-2H3. The quantitative estimate of drug-likeness (QED) is 0.743. The molecule has 2 aromatic carbocycles. The van der Waals surface area contributed by atoms with Gasteiger partial charge >= 0.3 is 0 Å². The maximum Gasteiger partial charge on any atom is 0.258 e. The Labute approximate surface area is 187 Å². The lowest BCUT2D eigenvalue weighted by molar-refractivity contribution is -0.132. The molecule has 0 N–H and O–H groups in total. The number of methoxy groups -OCH3 is 1. The number of carbonyl (C=O) groups is 3. The molecule has 0 spiro atoms. The van der Waals surface area contributed by atoms with Gasteiger partial charge in [0, 0.05) is 25.4 Å². The molecule has 0 bridgehead atoms. The largest absolute Gasteiger partial charge is 0.497 e. The van der Waals surface area contributed by atoms with E-state index in [1.165, 1.54) is 5.56 Å². The number of carbonyl (C=O) groups excluding carboxylic acids is 3. The molecule has 7 heteroatoms. The van der Waals surface area contributed by atoms with E-state index in [1.807, 2.05) is 48.2 Å². The molecule has 7 nitrogen and oxygen atoms in total. The van der Waals surface area contributed by atoms with Crippen molar-refractivity contribution in [2.75, 3.05) is 31.6 Å². The van der Waals surface area contributed by atoms with Crippen LogP contribution in [0.3, 0.4) is 0 Å². The molecule has 0 radical (unpaired) electrons. The number of anilines is 1. The fourth-order valence-corrected chi connectivity index (χ4v) is 5.31. The van der Waals surface area contributed by atoms with E-state index in [-0.39, 0.29) is 30.2 Å². The number of amides is 3. The second kappa shape index (κ2) is 7.65. The predicted octanol–water partition coefficient (Wildman–Crippen LogP) is 3.01. The average molecular weight is 434 g/mol. The van der Waals surface area contributed by atoms with Gasteiger partial charge in [0.15, 0.2) is 0 Å². The van der Waals surface area contributed by atoms with Crippen molar-refractivity contribution in [3.8, 4) is 5.75 Å². The van der Waals surface area contributed by atoms with Crippen molar-refractivity contribution in [1.29, 1.82) is 0 Å². The third-order valence-electron chi connectivity index (χ3n) is 7.17. The normalized spacial score (nSPS) is 24.6. The Morgan fingerprint density at radius 2 is 1.88 bits per heavy atom. The first-order valence-electron chi connectivity index (χ1n) is 11.1. The van der Waals surface area contributed by atoms with Crippen molar-refractivity contribution in [2.24, 2.45) is 0 Å². The molecule has 2 fully saturated rings. The number of likely N-dealkylation sites (tertiary alicyclic amines) is 1. The number of hydrogen-bond donors (Lipinski definition) is 0. The lowest BCUT2D eigenvalue weighted by atomic mass is 9.98. The minimum absolute atomic E-state index is 0.00867. The molecule has 3 aliphatic rings. The molecule has 3 amide bonds. The van der Waals surface area contributed by atoms with Gasteiger partial charge in [0.1, 0.15) is 18.0 Å². The molecule has 3 heterocycles. The maximum atomic E-state index is 13.4. The minimum Gasteiger partial charge on any atom is -0.497 e. The number of para-hydroxylation sites is 1. The van der Waals surface area contributed by atoms with Crippen molar-refractivity contribution in [3.63, 3.8) is 0 Å². The van der Waals surface area contributed by atoms with E-state index in [2.05, 4.69) is 0 Å². The zero-order valence-electron chi connectivity index (χ0n) is 18.4. The van der Waals surface area contributed by atoms with Gasteiger partial charge in [-0.15, -0.1) is 0 Å². The molecule has 32 heavy (non-hydrogen) atoms. The van der Waals surface area contributed by atoms with Crippen LogP contribution in [-0.4, -0.2) is 59.9 Å². The lowest BCUT2D eigenvalue weighted by Gasteiger charge is -2.48. The van der Waals surface area contributed by atoms with Gasteiger partial charge in [-0.05, 0) is 49.6 Å². The summed E-state index contributed by atoms with van der Waals surface area (Å²) >= 11 is 0. The first-order chi connectivity index (χ1) is 15.4. The summed E-state index contributed by atoms with van der Waals surface area (Å²) in [5, 5.41) is 0. The van der Waals surface area contributed by atoms with Gasteiger partial charge in [-0.25, -0.2) is 0 Å². The number of benzene rings is 2. The molecule has 166 valence electrons. The third kappa shape index (κ3) is 3.15. The summed E-state index contributed by atoms with van der Waals surface area (Å²) in [5.41, 5.74) is 1.49. The van der Waals surface area contributed by atoms with Crippen LogP contribution in [0.5, 0.6) is 5.75 Å². The molecular weight excluding hydrogens is 406 g/mol. The molecule has 0 aliphatic carbocycles. The molecule has 2 unspecified atom stereocenters. The highest BCUT2D eigenvalue weighted by atomic mass is 16.5. The Morgan fingerprint density at radius 3 is 2.62 bits per heavy atom. The van der Waals surface area contributed by atoms with Gasteiger partial charge in [-0.1, -0.05) is 24.3 Å². The fourth-order valence-electron chi connectivity index (χ4n) is 5.31. The van der Waals surface area contributed by atoms with Crippen LogP contribution in [-0.2, 0) is 9.59 Å². The Balaban J connectivity index is 1.35. The first-order valence-corrected chi connectivity index (χ1v) is 11.1. The summed E-state index contributed by atoms with van der Waals surface area (Å²) in [6.07, 6.45) is 1.77. The zero-order valence-corrected chi connectivity index (χ0v) is 18.4. The summed E-state index contributed by atoms with van der Waals surface area (Å²) < 4.78 is 5.23. The molecule has 0 saturated carbocycles. The van der Waals surface area contributed by atoms with E-state index in [4.69, 9.17) is 4.74 Å². The number of nitrogens with zero attached hydrogens (tertiary/aromatic N) is 3. The van der Waals surface area contributed by atoms with Crippen LogP contribution in [0.25, 0.3) is 0 Å². The number of hydrogen-bond acceptors (Lipinski definition) is 4. The second-order valence-electron chi connectivity index (χ2n) is 8.95. The minimum atomic E-state index is -0.812. The van der Waals surface area contributed by atoms with E-state index in [0.29, 0.717) is 37.2 Å². The van der Waals surface area contributed by atoms with Gasteiger partial charge in [0.2, 0.25) is 11.8 Å². The van der Waals surface area contributed by atoms with E-state index in [0.717, 1.165) is 12.2 Å². The smallest absolute Gasteiger partial charge is 0.258 e. The van der Waals surface area contributed by atoms with E-state index >= 15 is 0 Å². The van der Waals surface area contributed by atoms with E-state index in [1.54, 1.807) is 29.0 Å². The van der Waals surface area contributed by atoms with Crippen molar-refractivity contribution in [3.05, 3.63) is 59.7 Å². The lowest BCUT2D eigenvalue weighted by Crippen LogP contribution is -2.64. The molecule has 2 atom stereocenters. The predicted molar refractivity (Wildman–Crippen MR) is 120 cm³/mol. The maximum absolute atomic E-state index is 13.4. The van der Waals surface area contributed by atoms with E-state index in [9.17, 15) is 14.4 Å². The molecule has 0 aromatic heterocycles. The summed E-state index contributed by atoms with van der Waals surface area (Å²) in [5.74, 6) is 0.809. The SMILES string of the molecule is COc1ccc(C2CCN(C(=O)CN3C(=O)c4ccccc4N4C(=O)CCC34C)C2)cc1. The van der Waals surface area contributed by atoms with Crippen molar-refractivity contribution in [1.82, 2.24) is 9.80 Å². The number of rotatable bonds is 4. The van der Waals surface area contributed by atoms with Gasteiger partial charge in [0.25, 0.3) is 5.91 Å². The Hall–Kier alpha value is -3.35. The molecule has 2 saturated heterocycles. The van der Waals surface area contributed by atoms with Crippen LogP contribution in [0.15, 0.2) is 48.5 Å². The second-order valence-corrected chi connectivity index (χ2v) is 8.95. The van der Waals surface area contributed by atoms with Gasteiger partial charge in [-0.2, -0.15) is 0 Å². The summed E-state index contributed by atoms with van der Waals surface area (Å²) in [6.45, 7) is 3.16. The molecule has 5 rings (SSSR count). The Morgan fingerprint density at radius 1 is 1.12 bits per heavy atom. The topological polar surface area (TPSA) is 70.2 Å². The van der Waals surface area contributed by atoms with Crippen molar-refractivity contribution in [2.45, 2.75) is 37.8 Å². The highest BCUT2D eigenvalue weighted by molar-refractivity contribution is 6.11. The highest BCUT2D eigenvalue weighted by Gasteiger charge is 2.53. The molecule has 3 aliphatic heterocycles. The third-order valence-corrected chi connectivity index (χ3v) is 7.17. The Kier molecular flexibility index (Phi) is 4.92. The number of ether oxygens (including phenoxy) is 1. The first kappa shape index (κ1) is 20.5. The van der Waals surface area contributed by atoms with Crippen LogP contribution < -0.4 is 9.64 Å². The van der Waals surface area contributed by atoms with Crippen molar-refractivity contribution < 1.29 is 19.1 Å². The van der Waals surface area contributed by atoms with Crippen LogP contribution >= 0.6 is 0 Å². The average Bonchev–Trinajstić information content (AvgIpc) is 3.42. The molecule has 2 aromatic rings. The fraction of sp³-hybridized carbons (Fsp3) is 0.400. The molecular formula is C25H27N3O4. The van der Waals surface area contributed by atoms with Crippen LogP contribution in [0.2, 0.25) is 0 Å². The summed E-state index contributed by atoms with van der Waals surface area (Å²) in [6, 6.07) is 15.1. The van der Waals surface area contributed by atoms with Gasteiger partial charge in [0.05, 0.1) is 18.4 Å². The van der Waals surface area contributed by atoms with Gasteiger partial charge in [-0.3, -0.25) is 19.3 Å². The monoisotopic (exact) mass is 433 g/mol. The summed E-state index contributed by atoms with van der Waals surface area (Å²) in [7, 11) is 1.64. The highest BCUT2D eigenvalue weighted by Crippen LogP contribution is 2.44. The summed E-state index contributed by atoms with van der Waals surface area (Å²) in [4.78, 5) is 44.5. The van der Waals surface area contributed by atoms with Crippen LogP contribution in [0.4, 0.5) is 5.69 Å². The zero-order chi connectivity index (χ0) is 22.5. The van der Waals surface area contributed by atoms with Crippen LogP contribution in [0, 0.1) is 0 Å².